The number of aryl methyl sites for hydroxylation is 1. The van der Waals surface area contributed by atoms with Crippen LogP contribution in [0.15, 0.2) is 12.1 Å². The summed E-state index contributed by atoms with van der Waals surface area (Å²) in [7, 11) is 0. The molecule has 0 radical (unpaired) electrons. The maximum atomic E-state index is 12.3. The van der Waals surface area contributed by atoms with Gasteiger partial charge in [0.05, 0.1) is 4.88 Å². The van der Waals surface area contributed by atoms with Gasteiger partial charge in [0.2, 0.25) is 0 Å². The van der Waals surface area contributed by atoms with E-state index in [0.717, 1.165) is 37.2 Å². The number of thiophene rings is 1. The smallest absolute Gasteiger partial charge is 0.263 e. The van der Waals surface area contributed by atoms with Crippen LogP contribution in [-0.2, 0) is 6.42 Å². The Morgan fingerprint density at radius 3 is 2.67 bits per heavy atom. The minimum atomic E-state index is 0.197. The van der Waals surface area contributed by atoms with E-state index in [-0.39, 0.29) is 11.9 Å². The van der Waals surface area contributed by atoms with Crippen molar-refractivity contribution in [1.82, 2.24) is 4.90 Å². The van der Waals surface area contributed by atoms with Crippen molar-refractivity contribution in [3.05, 3.63) is 21.9 Å². The molecule has 2 rings (SSSR count). The lowest BCUT2D eigenvalue weighted by molar-refractivity contribution is 0.0686. The fourth-order valence-electron chi connectivity index (χ4n) is 2.47. The van der Waals surface area contributed by atoms with Gasteiger partial charge in [0.1, 0.15) is 0 Å². The number of nitrogens with two attached hydrogens (primary N) is 1. The van der Waals surface area contributed by atoms with Gasteiger partial charge in [-0.3, -0.25) is 4.79 Å². The number of rotatable bonds is 3. The van der Waals surface area contributed by atoms with Crippen LogP contribution in [0.2, 0.25) is 0 Å². The van der Waals surface area contributed by atoms with Crippen molar-refractivity contribution in [2.45, 2.75) is 39.2 Å². The molecule has 1 aromatic rings. The Kier molecular flexibility index (Phi) is 4.40. The predicted octanol–water partition coefficient (Wildman–Crippen LogP) is 2.51. The molecule has 1 amide bonds. The second-order valence-corrected chi connectivity index (χ2v) is 6.28. The van der Waals surface area contributed by atoms with Gasteiger partial charge in [-0.15, -0.1) is 11.3 Å². The summed E-state index contributed by atoms with van der Waals surface area (Å²) in [6.45, 7) is 5.89. The average Bonchev–Trinajstić information content (AvgIpc) is 2.86. The molecule has 100 valence electrons. The van der Waals surface area contributed by atoms with Gasteiger partial charge >= 0.3 is 0 Å². The van der Waals surface area contributed by atoms with E-state index in [9.17, 15) is 4.79 Å². The molecule has 0 saturated carbocycles. The van der Waals surface area contributed by atoms with E-state index in [2.05, 4.69) is 19.9 Å². The van der Waals surface area contributed by atoms with Crippen molar-refractivity contribution >= 4 is 17.2 Å². The quantitative estimate of drug-likeness (QED) is 0.913. The first-order chi connectivity index (χ1) is 8.61. The standard InChI is InChI=1S/C14H22N2OS/c1-3-12-4-5-13(18-12)14(17)16-8-6-11(7-9-16)10(2)15/h4-5,10-11H,3,6-9,15H2,1-2H3. The topological polar surface area (TPSA) is 46.3 Å². The van der Waals surface area contributed by atoms with Crippen LogP contribution >= 0.6 is 11.3 Å². The monoisotopic (exact) mass is 266 g/mol. The van der Waals surface area contributed by atoms with Crippen LogP contribution in [0.25, 0.3) is 0 Å². The molecule has 1 aliphatic heterocycles. The lowest BCUT2D eigenvalue weighted by Gasteiger charge is -2.33. The third-order valence-corrected chi connectivity index (χ3v) is 5.01. The number of carbonyl (C=O) groups excluding carboxylic acids is 1. The fourth-order valence-corrected chi connectivity index (χ4v) is 3.38. The minimum absolute atomic E-state index is 0.197. The summed E-state index contributed by atoms with van der Waals surface area (Å²) in [5.74, 6) is 0.770. The molecule has 1 aromatic heterocycles. The third kappa shape index (κ3) is 2.93. The molecule has 2 heterocycles. The van der Waals surface area contributed by atoms with Crippen LogP contribution in [-0.4, -0.2) is 29.9 Å². The summed E-state index contributed by atoms with van der Waals surface area (Å²) in [6.07, 6.45) is 3.08. The van der Waals surface area contributed by atoms with Crippen molar-refractivity contribution in [3.8, 4) is 0 Å². The second-order valence-electron chi connectivity index (χ2n) is 5.11. The maximum Gasteiger partial charge on any atom is 0.263 e. The molecule has 0 bridgehead atoms. The first-order valence-corrected chi connectivity index (χ1v) is 7.57. The molecule has 1 aliphatic rings. The number of piperidine rings is 1. The Hall–Kier alpha value is -0.870. The highest BCUT2D eigenvalue weighted by Gasteiger charge is 2.25. The number of hydrogen-bond acceptors (Lipinski definition) is 3. The molecule has 2 N–H and O–H groups in total. The normalized spacial score (nSPS) is 18.9. The van der Waals surface area contributed by atoms with Crippen molar-refractivity contribution in [2.24, 2.45) is 11.7 Å². The Balaban J connectivity index is 1.95. The zero-order valence-electron chi connectivity index (χ0n) is 11.2. The molecule has 4 heteroatoms. The van der Waals surface area contributed by atoms with Crippen LogP contribution in [0.1, 0.15) is 41.2 Å². The number of hydrogen-bond donors (Lipinski definition) is 1. The molecule has 0 aliphatic carbocycles. The molecular formula is C14H22N2OS. The second kappa shape index (κ2) is 5.85. The Morgan fingerprint density at radius 1 is 1.50 bits per heavy atom. The SMILES string of the molecule is CCc1ccc(C(=O)N2CCC(C(C)N)CC2)s1. The lowest BCUT2D eigenvalue weighted by Crippen LogP contribution is -2.42. The van der Waals surface area contributed by atoms with Gasteiger partial charge in [-0.1, -0.05) is 6.92 Å². The van der Waals surface area contributed by atoms with E-state index in [1.54, 1.807) is 11.3 Å². The highest BCUT2D eigenvalue weighted by atomic mass is 32.1. The van der Waals surface area contributed by atoms with E-state index < -0.39 is 0 Å². The van der Waals surface area contributed by atoms with Crippen LogP contribution < -0.4 is 5.73 Å². The Morgan fingerprint density at radius 2 is 2.17 bits per heavy atom. The van der Waals surface area contributed by atoms with Gasteiger partial charge in [-0.25, -0.2) is 0 Å². The van der Waals surface area contributed by atoms with Gasteiger partial charge in [-0.05, 0) is 44.2 Å². The van der Waals surface area contributed by atoms with Crippen LogP contribution in [0.4, 0.5) is 0 Å². The molecule has 1 unspecified atom stereocenters. The predicted molar refractivity (Wildman–Crippen MR) is 76.0 cm³/mol. The first kappa shape index (κ1) is 13.6. The largest absolute Gasteiger partial charge is 0.338 e. The highest BCUT2D eigenvalue weighted by molar-refractivity contribution is 7.14. The van der Waals surface area contributed by atoms with Crippen molar-refractivity contribution in [2.75, 3.05) is 13.1 Å². The molecule has 1 atom stereocenters. The number of likely N-dealkylation sites (tertiary alicyclic amines) is 1. The van der Waals surface area contributed by atoms with Gasteiger partial charge < -0.3 is 10.6 Å². The first-order valence-electron chi connectivity index (χ1n) is 6.75. The van der Waals surface area contributed by atoms with Crippen molar-refractivity contribution in [1.29, 1.82) is 0 Å². The molecule has 3 nitrogen and oxygen atoms in total. The summed E-state index contributed by atoms with van der Waals surface area (Å²) < 4.78 is 0. The molecule has 1 fully saturated rings. The summed E-state index contributed by atoms with van der Waals surface area (Å²) in [6, 6.07) is 4.27. The Labute approximate surface area is 113 Å². The van der Waals surface area contributed by atoms with E-state index in [1.807, 2.05) is 11.0 Å². The fraction of sp³-hybridized carbons (Fsp3) is 0.643. The molecular weight excluding hydrogens is 244 g/mol. The van der Waals surface area contributed by atoms with E-state index >= 15 is 0 Å². The summed E-state index contributed by atoms with van der Waals surface area (Å²) in [5, 5.41) is 0. The summed E-state index contributed by atoms with van der Waals surface area (Å²) in [5.41, 5.74) is 5.92. The zero-order valence-corrected chi connectivity index (χ0v) is 12.0. The minimum Gasteiger partial charge on any atom is -0.338 e. The number of nitrogens with zero attached hydrogens (tertiary/aromatic N) is 1. The Bertz CT molecular complexity index is 406. The van der Waals surface area contributed by atoms with Gasteiger partial charge in [0.25, 0.3) is 5.91 Å². The molecule has 1 saturated heterocycles. The zero-order chi connectivity index (χ0) is 13.1. The lowest BCUT2D eigenvalue weighted by atomic mass is 9.91. The molecule has 18 heavy (non-hydrogen) atoms. The number of amides is 1. The molecule has 0 aromatic carbocycles. The maximum absolute atomic E-state index is 12.3. The highest BCUT2D eigenvalue weighted by Crippen LogP contribution is 2.24. The van der Waals surface area contributed by atoms with Crippen LogP contribution in [0.3, 0.4) is 0 Å². The molecule has 0 spiro atoms. The van der Waals surface area contributed by atoms with Crippen molar-refractivity contribution < 1.29 is 4.79 Å². The summed E-state index contributed by atoms with van der Waals surface area (Å²) >= 11 is 1.63. The van der Waals surface area contributed by atoms with E-state index in [0.29, 0.717) is 5.92 Å². The van der Waals surface area contributed by atoms with Crippen LogP contribution in [0.5, 0.6) is 0 Å². The van der Waals surface area contributed by atoms with Crippen LogP contribution in [0, 0.1) is 5.92 Å². The number of carbonyl (C=O) groups is 1. The average molecular weight is 266 g/mol. The third-order valence-electron chi connectivity index (χ3n) is 3.79. The van der Waals surface area contributed by atoms with Gasteiger partial charge in [0, 0.05) is 24.0 Å². The van der Waals surface area contributed by atoms with E-state index in [1.165, 1.54) is 4.88 Å². The van der Waals surface area contributed by atoms with Crippen molar-refractivity contribution in [3.63, 3.8) is 0 Å². The van der Waals surface area contributed by atoms with Gasteiger partial charge in [-0.2, -0.15) is 0 Å². The summed E-state index contributed by atoms with van der Waals surface area (Å²) in [4.78, 5) is 16.4. The van der Waals surface area contributed by atoms with E-state index in [4.69, 9.17) is 5.73 Å². The van der Waals surface area contributed by atoms with Gasteiger partial charge in [0.15, 0.2) is 0 Å².